The molecule has 82 valence electrons. The minimum Gasteiger partial charge on any atom is -0.395 e. The van der Waals surface area contributed by atoms with Gasteiger partial charge in [-0.05, 0) is 21.1 Å². The first-order valence-electron chi connectivity index (χ1n) is 4.81. The van der Waals surface area contributed by atoms with Crippen molar-refractivity contribution in [3.05, 3.63) is 25.3 Å². The highest BCUT2D eigenvalue weighted by atomic mass is 16.3. The normalized spacial score (nSPS) is 15.6. The minimum atomic E-state index is 0.165. The summed E-state index contributed by atoms with van der Waals surface area (Å²) in [6.45, 7) is 8.45. The van der Waals surface area contributed by atoms with Crippen molar-refractivity contribution in [1.29, 1.82) is 0 Å². The molecular formula is C11H22N2O. The van der Waals surface area contributed by atoms with Crippen LogP contribution in [-0.2, 0) is 0 Å². The van der Waals surface area contributed by atoms with Crippen molar-refractivity contribution in [2.24, 2.45) is 0 Å². The molecule has 2 unspecified atom stereocenters. The van der Waals surface area contributed by atoms with Crippen LogP contribution in [0.3, 0.4) is 0 Å². The molecule has 0 heterocycles. The smallest absolute Gasteiger partial charge is 0.0558 e. The lowest BCUT2D eigenvalue weighted by Gasteiger charge is -2.34. The van der Waals surface area contributed by atoms with Crippen LogP contribution < -0.4 is 0 Å². The highest BCUT2D eigenvalue weighted by Gasteiger charge is 2.21. The molecule has 2 atom stereocenters. The third-order valence-electron chi connectivity index (χ3n) is 2.39. The summed E-state index contributed by atoms with van der Waals surface area (Å²) in [7, 11) is 5.99. The lowest BCUT2D eigenvalue weighted by atomic mass is 10.1. The molecule has 0 aliphatic rings. The number of rotatable bonds is 7. The minimum absolute atomic E-state index is 0.165. The maximum atomic E-state index is 8.86. The summed E-state index contributed by atoms with van der Waals surface area (Å²) in [6, 6.07) is 0.415. The molecule has 0 amide bonds. The first kappa shape index (κ1) is 13.4. The van der Waals surface area contributed by atoms with Crippen LogP contribution in [0, 0.1) is 0 Å². The van der Waals surface area contributed by atoms with E-state index in [0.717, 1.165) is 0 Å². The van der Waals surface area contributed by atoms with Gasteiger partial charge in [0.15, 0.2) is 0 Å². The molecule has 14 heavy (non-hydrogen) atoms. The van der Waals surface area contributed by atoms with E-state index in [2.05, 4.69) is 23.0 Å². The molecule has 0 aromatic rings. The van der Waals surface area contributed by atoms with Crippen LogP contribution in [0.2, 0.25) is 0 Å². The van der Waals surface area contributed by atoms with Gasteiger partial charge in [-0.1, -0.05) is 12.2 Å². The van der Waals surface area contributed by atoms with Crippen molar-refractivity contribution in [2.75, 3.05) is 34.3 Å². The molecule has 0 aromatic heterocycles. The van der Waals surface area contributed by atoms with Gasteiger partial charge in [-0.25, -0.2) is 0 Å². The number of nitrogens with zero attached hydrogens (tertiary/aromatic N) is 2. The van der Waals surface area contributed by atoms with Gasteiger partial charge in [0.05, 0.1) is 6.61 Å². The van der Waals surface area contributed by atoms with E-state index in [4.69, 9.17) is 5.11 Å². The van der Waals surface area contributed by atoms with Crippen LogP contribution in [0.15, 0.2) is 25.3 Å². The van der Waals surface area contributed by atoms with Gasteiger partial charge in [-0.2, -0.15) is 0 Å². The average Bonchev–Trinajstić information content (AvgIpc) is 2.13. The number of hydrogen-bond acceptors (Lipinski definition) is 3. The molecule has 3 heteroatoms. The van der Waals surface area contributed by atoms with E-state index >= 15 is 0 Å². The molecular weight excluding hydrogens is 176 g/mol. The largest absolute Gasteiger partial charge is 0.395 e. The first-order chi connectivity index (χ1) is 6.58. The van der Waals surface area contributed by atoms with E-state index in [1.54, 1.807) is 0 Å². The zero-order valence-corrected chi connectivity index (χ0v) is 9.48. The Balaban J connectivity index is 4.49. The summed E-state index contributed by atoms with van der Waals surface area (Å²) in [5.41, 5.74) is 0. The molecule has 0 spiro atoms. The molecule has 0 aromatic carbocycles. The van der Waals surface area contributed by atoms with Gasteiger partial charge in [0, 0.05) is 18.6 Å². The van der Waals surface area contributed by atoms with Crippen molar-refractivity contribution in [1.82, 2.24) is 9.80 Å². The van der Waals surface area contributed by atoms with Crippen molar-refractivity contribution in [3.8, 4) is 0 Å². The lowest BCUT2D eigenvalue weighted by Crippen LogP contribution is -2.46. The molecule has 1 N–H and O–H groups in total. The van der Waals surface area contributed by atoms with Crippen LogP contribution in [0.25, 0.3) is 0 Å². The van der Waals surface area contributed by atoms with E-state index in [-0.39, 0.29) is 18.7 Å². The predicted octanol–water partition coefficient (Wildman–Crippen LogP) is 0.581. The van der Waals surface area contributed by atoms with Gasteiger partial charge in [0.25, 0.3) is 0 Å². The predicted molar refractivity (Wildman–Crippen MR) is 61.4 cm³/mol. The summed E-state index contributed by atoms with van der Waals surface area (Å²) < 4.78 is 0. The molecule has 0 saturated heterocycles. The average molecular weight is 198 g/mol. The Bertz CT molecular complexity index is 180. The fourth-order valence-electron chi connectivity index (χ4n) is 1.54. The summed E-state index contributed by atoms with van der Waals surface area (Å²) >= 11 is 0. The molecule has 0 saturated carbocycles. The number of likely N-dealkylation sites (N-methyl/N-ethyl adjacent to an activating group) is 2. The first-order valence-corrected chi connectivity index (χ1v) is 4.81. The van der Waals surface area contributed by atoms with E-state index in [0.29, 0.717) is 6.54 Å². The van der Waals surface area contributed by atoms with Gasteiger partial charge in [0.2, 0.25) is 0 Å². The molecule has 0 radical (unpaired) electrons. The highest BCUT2D eigenvalue weighted by molar-refractivity contribution is 5.03. The standard InChI is InChI=1S/C11H22N2O/c1-6-10(12(3)4)11(7-2)13(5)8-9-14/h6-7,10-11,14H,1-2,8-9H2,3-5H3. The van der Waals surface area contributed by atoms with Crippen molar-refractivity contribution in [2.45, 2.75) is 12.1 Å². The molecule has 3 nitrogen and oxygen atoms in total. The van der Waals surface area contributed by atoms with Gasteiger partial charge in [-0.3, -0.25) is 4.90 Å². The lowest BCUT2D eigenvalue weighted by molar-refractivity contribution is 0.156. The second-order valence-corrected chi connectivity index (χ2v) is 3.62. The Morgan fingerprint density at radius 2 is 1.64 bits per heavy atom. The van der Waals surface area contributed by atoms with Gasteiger partial charge in [-0.15, -0.1) is 13.2 Å². The topological polar surface area (TPSA) is 26.7 Å². The van der Waals surface area contributed by atoms with E-state index in [1.807, 2.05) is 33.3 Å². The molecule has 0 aliphatic heterocycles. The maximum Gasteiger partial charge on any atom is 0.0558 e. The van der Waals surface area contributed by atoms with Crippen LogP contribution in [0.5, 0.6) is 0 Å². The zero-order valence-electron chi connectivity index (χ0n) is 9.48. The Hall–Kier alpha value is -0.640. The highest BCUT2D eigenvalue weighted by Crippen LogP contribution is 2.09. The van der Waals surface area contributed by atoms with Crippen molar-refractivity contribution < 1.29 is 5.11 Å². The Morgan fingerprint density at radius 3 is 1.93 bits per heavy atom. The van der Waals surface area contributed by atoms with Crippen molar-refractivity contribution >= 4 is 0 Å². The summed E-state index contributed by atoms with van der Waals surface area (Å²) in [5, 5.41) is 8.86. The van der Waals surface area contributed by atoms with E-state index in [9.17, 15) is 0 Å². The molecule has 0 aliphatic carbocycles. The van der Waals surface area contributed by atoms with Crippen LogP contribution in [0.1, 0.15) is 0 Å². The number of hydrogen-bond donors (Lipinski definition) is 1. The maximum absolute atomic E-state index is 8.86. The SMILES string of the molecule is C=CC(C(C=C)N(C)CCO)N(C)C. The molecule has 0 bridgehead atoms. The monoisotopic (exact) mass is 198 g/mol. The summed E-state index contributed by atoms with van der Waals surface area (Å²) in [6.07, 6.45) is 3.79. The van der Waals surface area contributed by atoms with E-state index in [1.165, 1.54) is 0 Å². The Kier molecular flexibility index (Phi) is 6.45. The van der Waals surface area contributed by atoms with Crippen molar-refractivity contribution in [3.63, 3.8) is 0 Å². The summed E-state index contributed by atoms with van der Waals surface area (Å²) in [5.74, 6) is 0. The van der Waals surface area contributed by atoms with Gasteiger partial charge < -0.3 is 10.0 Å². The van der Waals surface area contributed by atoms with Crippen LogP contribution in [-0.4, -0.2) is 61.3 Å². The third kappa shape index (κ3) is 3.62. The quantitative estimate of drug-likeness (QED) is 0.606. The Morgan fingerprint density at radius 1 is 1.14 bits per heavy atom. The molecule has 0 fully saturated rings. The third-order valence-corrected chi connectivity index (χ3v) is 2.39. The Labute approximate surface area is 87.3 Å². The number of aliphatic hydroxyl groups excluding tert-OH is 1. The zero-order chi connectivity index (χ0) is 11.1. The second-order valence-electron chi connectivity index (χ2n) is 3.62. The fourth-order valence-corrected chi connectivity index (χ4v) is 1.54. The van der Waals surface area contributed by atoms with Gasteiger partial charge in [0.1, 0.15) is 0 Å². The number of aliphatic hydroxyl groups is 1. The summed E-state index contributed by atoms with van der Waals surface area (Å²) in [4.78, 5) is 4.16. The fraction of sp³-hybridized carbons (Fsp3) is 0.636. The van der Waals surface area contributed by atoms with Crippen LogP contribution >= 0.6 is 0 Å². The van der Waals surface area contributed by atoms with Crippen LogP contribution in [0.4, 0.5) is 0 Å². The molecule has 0 rings (SSSR count). The van der Waals surface area contributed by atoms with Gasteiger partial charge >= 0.3 is 0 Å². The van der Waals surface area contributed by atoms with E-state index < -0.39 is 0 Å². The second kappa shape index (κ2) is 6.76.